The molecule has 3 rings (SSSR count). The lowest BCUT2D eigenvalue weighted by Gasteiger charge is -2.31. The number of carbonyl (C=O) groups is 10. The molecule has 1 aromatic carbocycles. The van der Waals surface area contributed by atoms with Crippen LogP contribution in [0.2, 0.25) is 0 Å². The molecule has 0 bridgehead atoms. The molecular formula is C48H77N13O12S2. The number of nitrogens with zero attached hydrogens (tertiary/aromatic N) is 3. The fraction of sp³-hybridized carbons (Fsp3) is 0.646. The molecule has 2 fully saturated rings. The summed E-state index contributed by atoms with van der Waals surface area (Å²) in [5.41, 5.74) is 22.9. The topological polar surface area (TPSA) is 406 Å². The van der Waals surface area contributed by atoms with Gasteiger partial charge in [0.05, 0.1) is 12.5 Å². The van der Waals surface area contributed by atoms with Crippen molar-refractivity contribution in [1.82, 2.24) is 41.7 Å². The molecule has 27 heteroatoms. The molecule has 0 aromatic heterocycles. The van der Waals surface area contributed by atoms with Gasteiger partial charge in [-0.2, -0.15) is 23.5 Å². The molecule has 9 amide bonds. The van der Waals surface area contributed by atoms with Crippen LogP contribution in [0.1, 0.15) is 90.5 Å². The Balaban J connectivity index is 1.74. The number of benzene rings is 1. The second-order valence-electron chi connectivity index (χ2n) is 19.0. The summed E-state index contributed by atoms with van der Waals surface area (Å²) >= 11 is 2.87. The molecule has 0 unspecified atom stereocenters. The molecular weight excluding hydrogens is 1010 g/mol. The Morgan fingerprint density at radius 1 is 0.667 bits per heavy atom. The number of carbonyl (C=O) groups excluding carboxylic acids is 9. The Kier molecular flexibility index (Phi) is 26.4. The summed E-state index contributed by atoms with van der Waals surface area (Å²) in [6, 6.07) is -4.96. The minimum Gasteiger partial charge on any atom is -0.508 e. The number of rotatable bonds is 31. The molecule has 0 radical (unpaired) electrons. The highest BCUT2D eigenvalue weighted by atomic mass is 32.2. The summed E-state index contributed by atoms with van der Waals surface area (Å²) in [4.78, 5) is 141. The Morgan fingerprint density at radius 2 is 1.17 bits per heavy atom. The maximum atomic E-state index is 14.3. The van der Waals surface area contributed by atoms with Crippen molar-refractivity contribution in [2.75, 3.05) is 43.7 Å². The van der Waals surface area contributed by atoms with Crippen LogP contribution in [0.4, 0.5) is 0 Å². The number of amides is 9. The minimum atomic E-state index is -1.60. The summed E-state index contributed by atoms with van der Waals surface area (Å²) in [7, 11) is 0. The number of carboxylic acid groups (broad SMARTS) is 1. The van der Waals surface area contributed by atoms with E-state index < -0.39 is 120 Å². The van der Waals surface area contributed by atoms with E-state index in [-0.39, 0.29) is 82.2 Å². The Bertz CT molecular complexity index is 2180. The maximum absolute atomic E-state index is 14.3. The van der Waals surface area contributed by atoms with Crippen molar-refractivity contribution < 1.29 is 58.2 Å². The molecule has 2 saturated heterocycles. The van der Waals surface area contributed by atoms with Gasteiger partial charge in [-0.1, -0.05) is 26.0 Å². The summed E-state index contributed by atoms with van der Waals surface area (Å²) in [6.07, 6.45) is 5.14. The SMILES string of the molecule is CSCC[C@H](NC(=O)[C@@H](N)CCCN=C(N)N)C(=O)N[C@@H](CCSC)C(=O)N1CCC[C@H]1C(=O)N[C@@H](CC(N)=O)C(=O)N[C@@H](C)C(=O)N1CCC[C@H]1C(=O)N[C@@H](Cc1ccc(O)cc1)C(=O)N[C@@H](CC(C)C)C(=O)O. The van der Waals surface area contributed by atoms with Gasteiger partial charge in [0.2, 0.25) is 53.2 Å². The quantitative estimate of drug-likeness (QED) is 0.0212. The molecule has 2 aliphatic heterocycles. The number of guanidine groups is 1. The average molecular weight is 1090 g/mol. The van der Waals surface area contributed by atoms with E-state index in [9.17, 15) is 58.2 Å². The lowest BCUT2D eigenvalue weighted by atomic mass is 10.0. The normalized spacial score (nSPS) is 18.0. The lowest BCUT2D eigenvalue weighted by Crippen LogP contribution is -2.60. The van der Waals surface area contributed by atoms with Crippen molar-refractivity contribution in [1.29, 1.82) is 0 Å². The van der Waals surface area contributed by atoms with Crippen LogP contribution in [0, 0.1) is 5.92 Å². The van der Waals surface area contributed by atoms with Gasteiger partial charge >= 0.3 is 5.97 Å². The highest BCUT2D eigenvalue weighted by Crippen LogP contribution is 2.22. The lowest BCUT2D eigenvalue weighted by molar-refractivity contribution is -0.144. The van der Waals surface area contributed by atoms with E-state index in [2.05, 4.69) is 36.9 Å². The Labute approximate surface area is 445 Å². The third kappa shape index (κ3) is 20.7. The van der Waals surface area contributed by atoms with Gasteiger partial charge in [0, 0.05) is 26.1 Å². The predicted molar refractivity (Wildman–Crippen MR) is 283 cm³/mol. The van der Waals surface area contributed by atoms with Crippen molar-refractivity contribution in [2.45, 2.75) is 146 Å². The van der Waals surface area contributed by atoms with Crippen LogP contribution in [-0.4, -0.2) is 183 Å². The van der Waals surface area contributed by atoms with E-state index >= 15 is 0 Å². The number of primary amides is 1. The molecule has 0 aliphatic carbocycles. The summed E-state index contributed by atoms with van der Waals surface area (Å²) in [5.74, 6) is -7.25. The average Bonchev–Trinajstić information content (AvgIpc) is 4.06. The van der Waals surface area contributed by atoms with E-state index in [4.69, 9.17) is 22.9 Å². The fourth-order valence-electron chi connectivity index (χ4n) is 8.62. The zero-order valence-electron chi connectivity index (χ0n) is 43.3. The number of thioether (sulfide) groups is 2. The number of aliphatic carboxylic acids is 1. The maximum Gasteiger partial charge on any atom is 0.326 e. The van der Waals surface area contributed by atoms with E-state index in [1.165, 1.54) is 52.4 Å². The molecule has 25 nitrogen and oxygen atoms in total. The largest absolute Gasteiger partial charge is 0.508 e. The molecule has 75 heavy (non-hydrogen) atoms. The number of aliphatic imine (C=N–C) groups is 1. The first-order valence-electron chi connectivity index (χ1n) is 25.0. The van der Waals surface area contributed by atoms with Crippen molar-refractivity contribution in [2.24, 2.45) is 33.8 Å². The number of nitrogens with two attached hydrogens (primary N) is 4. The molecule has 16 N–H and O–H groups in total. The van der Waals surface area contributed by atoms with Gasteiger partial charge in [-0.25, -0.2) is 4.79 Å². The number of carboxylic acids is 1. The number of hydrogen-bond acceptors (Lipinski definition) is 15. The molecule has 0 spiro atoms. The monoisotopic (exact) mass is 1090 g/mol. The highest BCUT2D eigenvalue weighted by molar-refractivity contribution is 7.98. The minimum absolute atomic E-state index is 0.0349. The van der Waals surface area contributed by atoms with Gasteiger partial charge in [0.15, 0.2) is 5.96 Å². The first-order chi connectivity index (χ1) is 35.5. The van der Waals surface area contributed by atoms with Crippen LogP contribution in [0.3, 0.4) is 0 Å². The smallest absolute Gasteiger partial charge is 0.326 e. The van der Waals surface area contributed by atoms with Gasteiger partial charge in [-0.05, 0) is 112 Å². The predicted octanol–water partition coefficient (Wildman–Crippen LogP) is -2.26. The number of likely N-dealkylation sites (tertiary alicyclic amines) is 2. The van der Waals surface area contributed by atoms with Gasteiger partial charge in [-0.3, -0.25) is 48.1 Å². The van der Waals surface area contributed by atoms with Crippen molar-refractivity contribution in [3.8, 4) is 5.75 Å². The van der Waals surface area contributed by atoms with Crippen molar-refractivity contribution in [3.05, 3.63) is 29.8 Å². The Morgan fingerprint density at radius 3 is 1.71 bits per heavy atom. The standard InChI is InChI=1S/C48H77N13O12S2/c1-26(2)23-35(47(72)73)59-42(67)33(24-28-12-14-29(62)15-13-28)57-43(68)36-10-7-19-60(36)45(70)27(3)54-41(66)34(25-38(50)63)58-44(69)37-11-8-20-61(37)46(71)32(17-22-75-5)56-40(65)31(16-21-74-4)55-39(64)30(49)9-6-18-53-48(51)52/h12-15,26-27,30-37,62H,6-11,16-25,49H2,1-5H3,(H2,50,63)(H,54,66)(H,55,64)(H,56,65)(H,57,68)(H,58,69)(H,59,67)(H,72,73)(H4,51,52,53)/t27-,30-,31-,32-,33-,34-,35-,36-,37-/m0/s1. The fourth-order valence-corrected chi connectivity index (χ4v) is 9.56. The second-order valence-corrected chi connectivity index (χ2v) is 21.0. The van der Waals surface area contributed by atoms with E-state index in [1.807, 2.05) is 12.5 Å². The number of nitrogens with one attached hydrogen (secondary N) is 6. The highest BCUT2D eigenvalue weighted by Gasteiger charge is 2.42. The number of phenolic OH excluding ortho intramolecular Hbond substituents is 1. The zero-order valence-corrected chi connectivity index (χ0v) is 45.0. The third-order valence-electron chi connectivity index (χ3n) is 12.5. The summed E-state index contributed by atoms with van der Waals surface area (Å²) in [6.45, 7) is 5.41. The number of phenols is 1. The molecule has 418 valence electrons. The molecule has 2 aliphatic rings. The first-order valence-corrected chi connectivity index (χ1v) is 27.8. The molecule has 9 atom stereocenters. The summed E-state index contributed by atoms with van der Waals surface area (Å²) < 4.78 is 0. The zero-order chi connectivity index (χ0) is 55.9. The van der Waals surface area contributed by atoms with E-state index in [0.29, 0.717) is 36.3 Å². The van der Waals surface area contributed by atoms with Crippen LogP contribution in [0.15, 0.2) is 29.3 Å². The van der Waals surface area contributed by atoms with E-state index in [1.54, 1.807) is 26.0 Å². The van der Waals surface area contributed by atoms with Crippen molar-refractivity contribution in [3.63, 3.8) is 0 Å². The van der Waals surface area contributed by atoms with Gasteiger partial charge < -0.3 is 74.8 Å². The van der Waals surface area contributed by atoms with Crippen LogP contribution >= 0.6 is 23.5 Å². The van der Waals surface area contributed by atoms with E-state index in [0.717, 1.165) is 0 Å². The molecule has 1 aromatic rings. The van der Waals surface area contributed by atoms with Crippen LogP contribution in [-0.2, 0) is 54.4 Å². The van der Waals surface area contributed by atoms with Crippen LogP contribution < -0.4 is 54.8 Å². The van der Waals surface area contributed by atoms with Crippen LogP contribution in [0.5, 0.6) is 5.75 Å². The van der Waals surface area contributed by atoms with Gasteiger partial charge in [0.1, 0.15) is 54.1 Å². The van der Waals surface area contributed by atoms with Gasteiger partial charge in [0.25, 0.3) is 0 Å². The number of aromatic hydroxyl groups is 1. The summed E-state index contributed by atoms with van der Waals surface area (Å²) in [5, 5.41) is 35.3. The van der Waals surface area contributed by atoms with Crippen molar-refractivity contribution >= 4 is 88.6 Å². The van der Waals surface area contributed by atoms with Crippen LogP contribution in [0.25, 0.3) is 0 Å². The molecule has 2 heterocycles. The Hall–Kier alpha value is -6.35. The third-order valence-corrected chi connectivity index (χ3v) is 13.8. The van der Waals surface area contributed by atoms with Gasteiger partial charge in [-0.15, -0.1) is 0 Å². The number of hydrogen-bond donors (Lipinski definition) is 12. The first kappa shape index (κ1) is 62.9. The molecule has 0 saturated carbocycles. The second kappa shape index (κ2) is 31.5.